The molecule has 25 heavy (non-hydrogen) atoms. The maximum atomic E-state index is 12.7. The summed E-state index contributed by atoms with van der Waals surface area (Å²) in [5.41, 5.74) is 0.635. The van der Waals surface area contributed by atoms with Crippen LogP contribution in [0.2, 0.25) is 0 Å². The average molecular weight is 343 g/mol. The lowest BCUT2D eigenvalue weighted by Gasteiger charge is -2.25. The van der Waals surface area contributed by atoms with E-state index < -0.39 is 11.4 Å². The number of anilines is 1. The molecule has 0 spiro atoms. The molecule has 0 heterocycles. The number of nitrogens with one attached hydrogen (secondary N) is 1. The molecule has 6 nitrogen and oxygen atoms in total. The van der Waals surface area contributed by atoms with Crippen LogP contribution in [0.25, 0.3) is 0 Å². The molecule has 0 saturated heterocycles. The summed E-state index contributed by atoms with van der Waals surface area (Å²) in [6.07, 6.45) is 0. The van der Waals surface area contributed by atoms with E-state index in [1.165, 1.54) is 12.1 Å². The Bertz CT molecular complexity index is 781. The molecule has 0 aliphatic rings. The van der Waals surface area contributed by atoms with Crippen molar-refractivity contribution in [3.63, 3.8) is 0 Å². The quantitative estimate of drug-likeness (QED) is 0.840. The number of carbonyl (C=O) groups excluding carboxylic acids is 1. The molecule has 0 saturated carbocycles. The molecule has 0 aromatic heterocycles. The molecule has 2 aromatic rings. The summed E-state index contributed by atoms with van der Waals surface area (Å²) in [5.74, 6) is -0.0928. The van der Waals surface area contributed by atoms with Crippen molar-refractivity contribution in [1.82, 2.24) is 0 Å². The zero-order valence-corrected chi connectivity index (χ0v) is 14.6. The van der Waals surface area contributed by atoms with Gasteiger partial charge in [0, 0.05) is 5.69 Å². The largest absolute Gasteiger partial charge is 0.493 e. The number of carbonyl (C=O) groups is 2. The number of aromatic carboxylic acids is 1. The fraction of sp³-hybridized carbons (Fsp3) is 0.263. The fourth-order valence-corrected chi connectivity index (χ4v) is 2.34. The van der Waals surface area contributed by atoms with Gasteiger partial charge < -0.3 is 19.9 Å². The number of rotatable bonds is 6. The molecule has 0 fully saturated rings. The monoisotopic (exact) mass is 343 g/mol. The minimum atomic E-state index is -1.01. The molecule has 1 amide bonds. The predicted molar refractivity (Wildman–Crippen MR) is 94.6 cm³/mol. The smallest absolute Gasteiger partial charge is 0.335 e. The maximum absolute atomic E-state index is 12.7. The predicted octanol–water partition coefficient (Wildman–Crippen LogP) is 3.32. The van der Waals surface area contributed by atoms with E-state index in [1.54, 1.807) is 52.3 Å². The average Bonchev–Trinajstić information content (AvgIpc) is 2.61. The topological polar surface area (TPSA) is 84.9 Å². The third-order valence-electron chi connectivity index (χ3n) is 4.06. The summed E-state index contributed by atoms with van der Waals surface area (Å²) < 4.78 is 10.5. The summed E-state index contributed by atoms with van der Waals surface area (Å²) in [5, 5.41) is 11.7. The van der Waals surface area contributed by atoms with Gasteiger partial charge in [0.2, 0.25) is 5.91 Å². The highest BCUT2D eigenvalue weighted by Crippen LogP contribution is 2.33. The van der Waals surface area contributed by atoms with Crippen molar-refractivity contribution in [3.8, 4) is 11.5 Å². The highest BCUT2D eigenvalue weighted by Gasteiger charge is 2.30. The number of hydrogen-bond acceptors (Lipinski definition) is 4. The van der Waals surface area contributed by atoms with Gasteiger partial charge >= 0.3 is 5.97 Å². The Hall–Kier alpha value is -3.02. The van der Waals surface area contributed by atoms with Gasteiger partial charge in [0.15, 0.2) is 11.5 Å². The van der Waals surface area contributed by atoms with E-state index in [-0.39, 0.29) is 11.5 Å². The van der Waals surface area contributed by atoms with Gasteiger partial charge in [0.25, 0.3) is 0 Å². The Morgan fingerprint density at radius 2 is 1.56 bits per heavy atom. The first-order valence-electron chi connectivity index (χ1n) is 7.67. The van der Waals surface area contributed by atoms with Crippen LogP contribution in [0.3, 0.4) is 0 Å². The van der Waals surface area contributed by atoms with Gasteiger partial charge in [-0.1, -0.05) is 6.07 Å². The van der Waals surface area contributed by atoms with Crippen molar-refractivity contribution in [2.75, 3.05) is 19.5 Å². The van der Waals surface area contributed by atoms with Crippen molar-refractivity contribution in [3.05, 3.63) is 53.6 Å². The Labute approximate surface area is 146 Å². The minimum Gasteiger partial charge on any atom is -0.493 e. The molecule has 0 aliphatic carbocycles. The normalized spacial score (nSPS) is 10.9. The standard InChI is InChI=1S/C19H21NO5/c1-19(2,13-7-10-15(24-3)16(11-13)25-4)18(23)20-14-8-5-12(6-9-14)17(21)22/h5-11H,1-4H3,(H,20,23)(H,21,22). The van der Waals surface area contributed by atoms with Crippen LogP contribution >= 0.6 is 0 Å². The van der Waals surface area contributed by atoms with E-state index in [0.717, 1.165) is 5.56 Å². The van der Waals surface area contributed by atoms with E-state index >= 15 is 0 Å². The molecule has 2 aromatic carbocycles. The van der Waals surface area contributed by atoms with Crippen LogP contribution in [0.5, 0.6) is 11.5 Å². The third-order valence-corrected chi connectivity index (χ3v) is 4.06. The molecule has 0 aliphatic heterocycles. The minimum absolute atomic E-state index is 0.164. The Balaban J connectivity index is 2.23. The van der Waals surface area contributed by atoms with Crippen LogP contribution in [-0.2, 0) is 10.2 Å². The summed E-state index contributed by atoms with van der Waals surface area (Å²) in [6, 6.07) is 11.4. The van der Waals surface area contributed by atoms with Crippen molar-refractivity contribution in [1.29, 1.82) is 0 Å². The Morgan fingerprint density at radius 3 is 2.08 bits per heavy atom. The molecule has 0 radical (unpaired) electrons. The van der Waals surface area contributed by atoms with Gasteiger partial charge in [-0.3, -0.25) is 4.79 Å². The fourth-order valence-electron chi connectivity index (χ4n) is 2.34. The second-order valence-corrected chi connectivity index (χ2v) is 6.03. The highest BCUT2D eigenvalue weighted by atomic mass is 16.5. The second-order valence-electron chi connectivity index (χ2n) is 6.03. The lowest BCUT2D eigenvalue weighted by Crippen LogP contribution is -2.34. The third kappa shape index (κ3) is 3.91. The van der Waals surface area contributed by atoms with Crippen molar-refractivity contribution in [2.45, 2.75) is 19.3 Å². The summed E-state index contributed by atoms with van der Waals surface area (Å²) >= 11 is 0. The van der Waals surface area contributed by atoms with Crippen molar-refractivity contribution in [2.24, 2.45) is 0 Å². The second kappa shape index (κ2) is 7.25. The SMILES string of the molecule is COc1ccc(C(C)(C)C(=O)Nc2ccc(C(=O)O)cc2)cc1OC. The molecule has 0 unspecified atom stereocenters. The molecule has 0 atom stereocenters. The van der Waals surface area contributed by atoms with Gasteiger partial charge in [-0.15, -0.1) is 0 Å². The maximum Gasteiger partial charge on any atom is 0.335 e. The Kier molecular flexibility index (Phi) is 5.32. The van der Waals surface area contributed by atoms with E-state index in [1.807, 2.05) is 6.07 Å². The number of benzene rings is 2. The number of methoxy groups -OCH3 is 2. The number of carboxylic acids is 1. The highest BCUT2D eigenvalue weighted by molar-refractivity contribution is 5.99. The molecular weight excluding hydrogens is 322 g/mol. The van der Waals surface area contributed by atoms with Crippen molar-refractivity contribution >= 4 is 17.6 Å². The number of amides is 1. The van der Waals surface area contributed by atoms with Crippen LogP contribution in [0.15, 0.2) is 42.5 Å². The molecule has 0 bridgehead atoms. The summed E-state index contributed by atoms with van der Waals surface area (Å²) in [6.45, 7) is 3.60. The van der Waals surface area contributed by atoms with E-state index in [9.17, 15) is 9.59 Å². The number of carboxylic acid groups (broad SMARTS) is 1. The first kappa shape index (κ1) is 18.3. The zero-order valence-electron chi connectivity index (χ0n) is 14.6. The number of ether oxygens (including phenoxy) is 2. The van der Waals surface area contributed by atoms with Crippen molar-refractivity contribution < 1.29 is 24.2 Å². The van der Waals surface area contributed by atoms with Crippen LogP contribution in [0.1, 0.15) is 29.8 Å². The molecular formula is C19H21NO5. The van der Waals surface area contributed by atoms with Gasteiger partial charge in [-0.25, -0.2) is 4.79 Å². The first-order chi connectivity index (χ1) is 11.8. The lowest BCUT2D eigenvalue weighted by atomic mass is 9.83. The zero-order chi connectivity index (χ0) is 18.6. The summed E-state index contributed by atoms with van der Waals surface area (Å²) in [7, 11) is 3.09. The van der Waals surface area contributed by atoms with Gasteiger partial charge in [0.1, 0.15) is 0 Å². The van der Waals surface area contributed by atoms with E-state index in [2.05, 4.69) is 5.32 Å². The molecule has 6 heteroatoms. The van der Waals surface area contributed by atoms with Crippen LogP contribution < -0.4 is 14.8 Å². The number of hydrogen-bond donors (Lipinski definition) is 2. The molecule has 2 rings (SSSR count). The summed E-state index contributed by atoms with van der Waals surface area (Å²) in [4.78, 5) is 23.6. The molecule has 132 valence electrons. The van der Waals surface area contributed by atoms with Crippen LogP contribution in [-0.4, -0.2) is 31.2 Å². The van der Waals surface area contributed by atoms with Gasteiger partial charge in [-0.2, -0.15) is 0 Å². The Morgan fingerprint density at radius 1 is 0.960 bits per heavy atom. The molecule has 2 N–H and O–H groups in total. The first-order valence-corrected chi connectivity index (χ1v) is 7.67. The van der Waals surface area contributed by atoms with E-state index in [4.69, 9.17) is 14.6 Å². The van der Waals surface area contributed by atoms with Crippen LogP contribution in [0, 0.1) is 0 Å². The van der Waals surface area contributed by atoms with Gasteiger partial charge in [-0.05, 0) is 55.8 Å². The lowest BCUT2D eigenvalue weighted by molar-refractivity contribution is -0.120. The van der Waals surface area contributed by atoms with E-state index in [0.29, 0.717) is 17.2 Å². The van der Waals surface area contributed by atoms with Crippen LogP contribution in [0.4, 0.5) is 5.69 Å². The van der Waals surface area contributed by atoms with Gasteiger partial charge in [0.05, 0.1) is 25.2 Å².